The Morgan fingerprint density at radius 1 is 1.33 bits per heavy atom. The van der Waals surface area contributed by atoms with Crippen molar-refractivity contribution in [3.63, 3.8) is 0 Å². The van der Waals surface area contributed by atoms with Crippen LogP contribution in [0.5, 0.6) is 0 Å². The largest absolute Gasteiger partial charge is 0.384 e. The molecule has 1 rings (SSSR count). The van der Waals surface area contributed by atoms with Crippen LogP contribution in [-0.4, -0.2) is 42.7 Å². The molecule has 5 heteroatoms. The van der Waals surface area contributed by atoms with E-state index >= 15 is 0 Å². The lowest BCUT2D eigenvalue weighted by molar-refractivity contribution is 0.0823. The molecule has 0 heterocycles. The molecule has 0 aliphatic heterocycles. The molecule has 0 spiro atoms. The Labute approximate surface area is 133 Å². The third-order valence-corrected chi connectivity index (χ3v) is 6.32. The second-order valence-electron chi connectivity index (χ2n) is 6.17. The van der Waals surface area contributed by atoms with E-state index in [-0.39, 0.29) is 12.5 Å². The van der Waals surface area contributed by atoms with Crippen LogP contribution in [0.1, 0.15) is 54.7 Å². The Kier molecular flexibility index (Phi) is 7.96. The summed E-state index contributed by atoms with van der Waals surface area (Å²) in [6.07, 6.45) is 2.97. The zero-order valence-electron chi connectivity index (χ0n) is 15.1. The molecule has 0 amide bonds. The monoisotopic (exact) mass is 316 g/mol. The molecule has 4 nitrogen and oxygen atoms in total. The Morgan fingerprint density at radius 3 is 2.52 bits per heavy atom. The van der Waals surface area contributed by atoms with Gasteiger partial charge < -0.3 is 9.26 Å². The minimum atomic E-state index is -0.804. The number of nitrogens with zero attached hydrogens (tertiary/aromatic N) is 2. The molecular formula is C16H31N2O2P. The zero-order chi connectivity index (χ0) is 16.7. The lowest BCUT2D eigenvalue weighted by Crippen LogP contribution is -2.35. The predicted octanol–water partition coefficient (Wildman–Crippen LogP) is 4.16. The highest BCUT2D eigenvalue weighted by molar-refractivity contribution is 7.50. The van der Waals surface area contributed by atoms with Gasteiger partial charge in [-0.1, -0.05) is 6.40 Å². The molecule has 2 unspecified atom stereocenters. The number of nitriles is 1. The van der Waals surface area contributed by atoms with E-state index in [1.807, 2.05) is 0 Å². The maximum Gasteiger partial charge on any atom is 0.106 e. The maximum absolute atomic E-state index is 8.95. The number of hydrogen-bond acceptors (Lipinski definition) is 4. The third kappa shape index (κ3) is 5.83. The van der Waals surface area contributed by atoms with Crippen molar-refractivity contribution in [2.45, 2.75) is 71.5 Å². The molecule has 0 saturated heterocycles. The fraction of sp³-hybridized carbons (Fsp3) is 0.938. The Hall–Kier alpha value is -0.200. The fourth-order valence-corrected chi connectivity index (χ4v) is 5.31. The molecule has 0 radical (unpaired) electrons. The summed E-state index contributed by atoms with van der Waals surface area (Å²) in [5, 5.41) is 8.95. The minimum Gasteiger partial charge on any atom is -0.384 e. The first kappa shape index (κ1) is 17.2. The van der Waals surface area contributed by atoms with Gasteiger partial charge in [-0.3, -0.25) is 4.67 Å². The first-order chi connectivity index (χ1) is 10.4. The average molecular weight is 316 g/mol. The summed E-state index contributed by atoms with van der Waals surface area (Å²) in [6, 6.07) is 3.02. The van der Waals surface area contributed by atoms with E-state index in [0.717, 1.165) is 19.0 Å². The molecule has 0 bridgehead atoms. The van der Waals surface area contributed by atoms with E-state index in [9.17, 15) is 0 Å². The smallest absolute Gasteiger partial charge is 0.106 e. The van der Waals surface area contributed by atoms with Crippen LogP contribution < -0.4 is 0 Å². The maximum atomic E-state index is 8.95. The van der Waals surface area contributed by atoms with Crippen molar-refractivity contribution >= 4 is 8.30 Å². The summed E-state index contributed by atoms with van der Waals surface area (Å²) in [4.78, 5) is 0. The SMILES string of the molecule is [3H][C@H]1CC(OP(CCC#N)N(C(C)C)C(C)C)[C@@H](COC)C1. The lowest BCUT2D eigenvalue weighted by Gasteiger charge is -2.39. The van der Waals surface area contributed by atoms with E-state index in [1.54, 1.807) is 7.11 Å². The highest BCUT2D eigenvalue weighted by Crippen LogP contribution is 2.49. The van der Waals surface area contributed by atoms with Crippen LogP contribution in [0.2, 0.25) is 0 Å². The lowest BCUT2D eigenvalue weighted by atomic mass is 10.1. The quantitative estimate of drug-likeness (QED) is 0.599. The summed E-state index contributed by atoms with van der Waals surface area (Å²) < 4.78 is 22.2. The van der Waals surface area contributed by atoms with Crippen LogP contribution in [-0.2, 0) is 9.26 Å². The summed E-state index contributed by atoms with van der Waals surface area (Å²) in [5.41, 5.74) is 0. The molecule has 0 aromatic rings. The fourth-order valence-electron chi connectivity index (χ4n) is 2.97. The topological polar surface area (TPSA) is 45.5 Å². The Balaban J connectivity index is 2.80. The standard InChI is InChI=1S/C16H31N2O2P/c1-13(2)18(14(3)4)21(11-7-10-17)20-16-9-6-8-15(16)12-19-5/h13-16H,6-9,11-12H2,1-5H3/t15-,16?,21?/m1/s1/i6T/t6-,15-,16?,21?. The van der Waals surface area contributed by atoms with Gasteiger partial charge in [-0.25, -0.2) is 0 Å². The highest BCUT2D eigenvalue weighted by atomic mass is 31.2. The molecule has 0 aromatic carbocycles. The Morgan fingerprint density at radius 2 is 2.00 bits per heavy atom. The van der Waals surface area contributed by atoms with Crippen molar-refractivity contribution in [3.05, 3.63) is 0 Å². The number of rotatable bonds is 9. The van der Waals surface area contributed by atoms with Gasteiger partial charge in [-0.15, -0.1) is 0 Å². The minimum absolute atomic E-state index is 0.0514. The highest BCUT2D eigenvalue weighted by Gasteiger charge is 2.33. The number of hydrogen-bond donors (Lipinski definition) is 0. The van der Waals surface area contributed by atoms with Crippen LogP contribution in [0.3, 0.4) is 0 Å². The van der Waals surface area contributed by atoms with Gasteiger partial charge in [0.1, 0.15) is 8.30 Å². The van der Waals surface area contributed by atoms with Crippen LogP contribution in [0, 0.1) is 17.2 Å². The summed E-state index contributed by atoms with van der Waals surface area (Å²) >= 11 is 0. The first-order valence-electron chi connectivity index (χ1n) is 8.49. The van der Waals surface area contributed by atoms with Gasteiger partial charge in [-0.05, 0) is 40.5 Å². The third-order valence-electron chi connectivity index (χ3n) is 3.76. The van der Waals surface area contributed by atoms with E-state index in [2.05, 4.69) is 38.4 Å². The molecule has 4 atom stereocenters. The van der Waals surface area contributed by atoms with Gasteiger partial charge >= 0.3 is 0 Å². The normalized spacial score (nSPS) is 28.1. The van der Waals surface area contributed by atoms with E-state index < -0.39 is 8.30 Å². The second kappa shape index (κ2) is 9.74. The van der Waals surface area contributed by atoms with Gasteiger partial charge in [0, 0.05) is 39.1 Å². The van der Waals surface area contributed by atoms with E-state index in [4.69, 9.17) is 15.9 Å². The van der Waals surface area contributed by atoms with Crippen molar-refractivity contribution in [1.29, 1.82) is 5.26 Å². The molecular weight excluding hydrogens is 283 g/mol. The van der Waals surface area contributed by atoms with Gasteiger partial charge in [0.05, 0.1) is 18.8 Å². The molecule has 1 aliphatic carbocycles. The van der Waals surface area contributed by atoms with E-state index in [0.29, 0.717) is 31.0 Å². The van der Waals surface area contributed by atoms with Crippen LogP contribution >= 0.6 is 8.30 Å². The molecule has 0 N–H and O–H groups in total. The van der Waals surface area contributed by atoms with Crippen LogP contribution in [0.15, 0.2) is 0 Å². The van der Waals surface area contributed by atoms with Crippen molar-refractivity contribution < 1.29 is 10.6 Å². The van der Waals surface area contributed by atoms with Gasteiger partial charge in [-0.2, -0.15) is 5.26 Å². The summed E-state index contributed by atoms with van der Waals surface area (Å²) in [6.45, 7) is 9.38. The summed E-state index contributed by atoms with van der Waals surface area (Å²) in [7, 11) is 0.905. The predicted molar refractivity (Wildman–Crippen MR) is 88.2 cm³/mol. The molecule has 21 heavy (non-hydrogen) atoms. The van der Waals surface area contributed by atoms with Crippen LogP contribution in [0.25, 0.3) is 0 Å². The van der Waals surface area contributed by atoms with Gasteiger partial charge in [0.25, 0.3) is 0 Å². The van der Waals surface area contributed by atoms with Crippen molar-refractivity contribution in [2.24, 2.45) is 5.92 Å². The number of methoxy groups -OCH3 is 1. The van der Waals surface area contributed by atoms with Crippen molar-refractivity contribution in [3.8, 4) is 6.07 Å². The van der Waals surface area contributed by atoms with Gasteiger partial charge in [0.2, 0.25) is 0 Å². The first-order valence-corrected chi connectivity index (χ1v) is 9.31. The van der Waals surface area contributed by atoms with E-state index in [1.165, 1.54) is 0 Å². The van der Waals surface area contributed by atoms with Crippen molar-refractivity contribution in [1.82, 2.24) is 4.67 Å². The average Bonchev–Trinajstić information content (AvgIpc) is 2.75. The Bertz CT molecular complexity index is 355. The molecule has 122 valence electrons. The van der Waals surface area contributed by atoms with Crippen LogP contribution in [0.4, 0.5) is 0 Å². The molecule has 1 aliphatic rings. The molecule has 1 fully saturated rings. The van der Waals surface area contributed by atoms with Crippen molar-refractivity contribution in [2.75, 3.05) is 19.9 Å². The molecule has 1 saturated carbocycles. The van der Waals surface area contributed by atoms with Gasteiger partial charge in [0.15, 0.2) is 0 Å². The number of ether oxygens (including phenoxy) is 1. The molecule has 0 aromatic heterocycles. The second-order valence-corrected chi connectivity index (χ2v) is 8.00. The summed E-state index contributed by atoms with van der Waals surface area (Å²) in [5.74, 6) is 0.306. The zero-order valence-corrected chi connectivity index (χ0v) is 15.0.